The molecule has 1 aliphatic rings. The lowest BCUT2D eigenvalue weighted by Crippen LogP contribution is -2.51. The van der Waals surface area contributed by atoms with Gasteiger partial charge < -0.3 is 10.3 Å². The van der Waals surface area contributed by atoms with Gasteiger partial charge in [0.05, 0.1) is 0 Å². The number of hydrogen-bond donors (Lipinski definition) is 2. The van der Waals surface area contributed by atoms with Gasteiger partial charge in [-0.05, 0) is 19.8 Å². The summed E-state index contributed by atoms with van der Waals surface area (Å²) in [4.78, 5) is 0. The Kier molecular flexibility index (Phi) is 4.27. The van der Waals surface area contributed by atoms with Crippen LogP contribution in [-0.2, 0) is 15.8 Å². The Morgan fingerprint density at radius 3 is 2.68 bits per heavy atom. The van der Waals surface area contributed by atoms with E-state index in [1.807, 2.05) is 0 Å². The van der Waals surface area contributed by atoms with E-state index >= 15 is 0 Å². The van der Waals surface area contributed by atoms with Crippen LogP contribution in [0.15, 0.2) is 10.6 Å². The Balaban J connectivity index is 1.90. The monoisotopic (exact) mass is 287 g/mol. The molecule has 2 rings (SSSR count). The largest absolute Gasteiger partial charge is 0.361 e. The highest BCUT2D eigenvalue weighted by Crippen LogP contribution is 2.25. The van der Waals surface area contributed by atoms with E-state index in [2.05, 4.69) is 9.88 Å². The number of rotatable bonds is 5. The molecule has 1 heterocycles. The van der Waals surface area contributed by atoms with Gasteiger partial charge >= 0.3 is 0 Å². The Morgan fingerprint density at radius 2 is 2.11 bits per heavy atom. The lowest BCUT2D eigenvalue weighted by Gasteiger charge is -2.33. The lowest BCUT2D eigenvalue weighted by molar-refractivity contribution is 0.296. The highest BCUT2D eigenvalue weighted by atomic mass is 32.2. The van der Waals surface area contributed by atoms with E-state index in [1.54, 1.807) is 13.0 Å². The molecule has 1 fully saturated rings. The Bertz CT molecular complexity index is 518. The summed E-state index contributed by atoms with van der Waals surface area (Å²) in [5.41, 5.74) is 6.22. The van der Waals surface area contributed by atoms with Crippen LogP contribution in [0.4, 0.5) is 0 Å². The summed E-state index contributed by atoms with van der Waals surface area (Å²) in [6.07, 6.45) is 5.07. The van der Waals surface area contributed by atoms with Crippen molar-refractivity contribution in [3.63, 3.8) is 0 Å². The summed E-state index contributed by atoms with van der Waals surface area (Å²) in [6, 6.07) is 1.62. The Hall–Kier alpha value is -0.920. The molecule has 0 bridgehead atoms. The summed E-state index contributed by atoms with van der Waals surface area (Å²) < 4.78 is 31.3. The van der Waals surface area contributed by atoms with Crippen molar-refractivity contribution in [3.8, 4) is 0 Å². The van der Waals surface area contributed by atoms with E-state index in [1.165, 1.54) is 6.42 Å². The van der Waals surface area contributed by atoms with Crippen LogP contribution in [0.3, 0.4) is 0 Å². The zero-order valence-electron chi connectivity index (χ0n) is 11.2. The number of nitrogens with two attached hydrogens (primary N) is 1. The van der Waals surface area contributed by atoms with Gasteiger partial charge in [0.2, 0.25) is 10.0 Å². The molecule has 0 aromatic carbocycles. The normalized spacial score (nSPS) is 19.5. The molecule has 1 aliphatic carbocycles. The van der Waals surface area contributed by atoms with Crippen molar-refractivity contribution in [2.45, 2.75) is 50.3 Å². The minimum Gasteiger partial charge on any atom is -0.361 e. The van der Waals surface area contributed by atoms with Crippen LogP contribution in [0.5, 0.6) is 0 Å². The van der Waals surface area contributed by atoms with Gasteiger partial charge in [0.15, 0.2) is 0 Å². The number of nitrogens with zero attached hydrogens (tertiary/aromatic N) is 1. The predicted molar refractivity (Wildman–Crippen MR) is 71.9 cm³/mol. The fourth-order valence-electron chi connectivity index (χ4n) is 2.42. The molecule has 108 valence electrons. The zero-order valence-corrected chi connectivity index (χ0v) is 12.0. The zero-order chi connectivity index (χ0) is 13.9. The molecule has 1 saturated carbocycles. The summed E-state index contributed by atoms with van der Waals surface area (Å²) in [5.74, 6) is 0.438. The van der Waals surface area contributed by atoms with E-state index in [0.717, 1.165) is 25.7 Å². The van der Waals surface area contributed by atoms with Gasteiger partial charge in [0.1, 0.15) is 17.2 Å². The van der Waals surface area contributed by atoms with Gasteiger partial charge in [0, 0.05) is 18.2 Å². The van der Waals surface area contributed by atoms with E-state index in [-0.39, 0.29) is 5.75 Å². The van der Waals surface area contributed by atoms with Crippen LogP contribution in [-0.4, -0.2) is 25.7 Å². The molecular weight excluding hydrogens is 266 g/mol. The molecule has 6 nitrogen and oxygen atoms in total. The van der Waals surface area contributed by atoms with Gasteiger partial charge in [-0.1, -0.05) is 24.4 Å². The van der Waals surface area contributed by atoms with E-state index in [0.29, 0.717) is 18.0 Å². The van der Waals surface area contributed by atoms with Crippen molar-refractivity contribution in [2.24, 2.45) is 5.73 Å². The summed E-state index contributed by atoms with van der Waals surface area (Å²) in [7, 11) is -3.41. The average molecular weight is 287 g/mol. The third-order valence-electron chi connectivity index (χ3n) is 3.51. The van der Waals surface area contributed by atoms with Gasteiger partial charge in [-0.25, -0.2) is 13.1 Å². The molecule has 1 aromatic heterocycles. The molecular formula is C12H21N3O3S. The number of sulfonamides is 1. The van der Waals surface area contributed by atoms with E-state index in [9.17, 15) is 8.42 Å². The van der Waals surface area contributed by atoms with Gasteiger partial charge in [-0.2, -0.15) is 0 Å². The smallest absolute Gasteiger partial charge is 0.217 e. The lowest BCUT2D eigenvalue weighted by atomic mass is 9.83. The maximum absolute atomic E-state index is 11.9. The molecule has 7 heteroatoms. The van der Waals surface area contributed by atoms with Crippen molar-refractivity contribution in [2.75, 3.05) is 6.54 Å². The highest BCUT2D eigenvalue weighted by Gasteiger charge is 2.29. The molecule has 1 aromatic rings. The maximum atomic E-state index is 11.9. The van der Waals surface area contributed by atoms with Gasteiger partial charge in [-0.15, -0.1) is 0 Å². The fourth-order valence-corrected chi connectivity index (χ4v) is 3.55. The molecule has 0 aliphatic heterocycles. The van der Waals surface area contributed by atoms with Crippen molar-refractivity contribution in [1.82, 2.24) is 9.88 Å². The maximum Gasteiger partial charge on any atom is 0.217 e. The second-order valence-corrected chi connectivity index (χ2v) is 7.24. The van der Waals surface area contributed by atoms with Crippen molar-refractivity contribution < 1.29 is 12.9 Å². The number of nitrogens with one attached hydrogen (secondary N) is 1. The van der Waals surface area contributed by atoms with Crippen molar-refractivity contribution in [3.05, 3.63) is 17.5 Å². The van der Waals surface area contributed by atoms with Crippen LogP contribution in [0.2, 0.25) is 0 Å². The predicted octanol–water partition coefficient (Wildman–Crippen LogP) is 1.06. The van der Waals surface area contributed by atoms with E-state index in [4.69, 9.17) is 10.3 Å². The van der Waals surface area contributed by atoms with Crippen LogP contribution in [0.1, 0.15) is 43.6 Å². The fraction of sp³-hybridized carbons (Fsp3) is 0.750. The first kappa shape index (κ1) is 14.5. The Morgan fingerprint density at radius 1 is 1.42 bits per heavy atom. The van der Waals surface area contributed by atoms with E-state index < -0.39 is 15.6 Å². The molecule has 3 N–H and O–H groups in total. The standard InChI is InChI=1S/C12H21N3O3S/c1-10-7-11(15-18-10)8-19(16,17)14-9-12(13)5-3-2-4-6-12/h7,14H,2-6,8-9,13H2,1H3. The van der Waals surface area contributed by atoms with Crippen LogP contribution < -0.4 is 10.5 Å². The third-order valence-corrected chi connectivity index (χ3v) is 4.77. The highest BCUT2D eigenvalue weighted by molar-refractivity contribution is 7.88. The summed E-state index contributed by atoms with van der Waals surface area (Å²) in [6.45, 7) is 2.03. The average Bonchev–Trinajstić information content (AvgIpc) is 2.73. The van der Waals surface area contributed by atoms with Crippen molar-refractivity contribution >= 4 is 10.0 Å². The Labute approximate surface area is 113 Å². The molecule has 0 spiro atoms. The molecule has 0 atom stereocenters. The first-order chi connectivity index (χ1) is 8.89. The summed E-state index contributed by atoms with van der Waals surface area (Å²) >= 11 is 0. The molecule has 19 heavy (non-hydrogen) atoms. The first-order valence-corrected chi connectivity index (χ1v) is 8.22. The minimum atomic E-state index is -3.41. The van der Waals surface area contributed by atoms with Crippen LogP contribution >= 0.6 is 0 Å². The molecule has 0 amide bonds. The van der Waals surface area contributed by atoms with Gasteiger partial charge in [0.25, 0.3) is 0 Å². The summed E-state index contributed by atoms with van der Waals surface area (Å²) in [5, 5.41) is 3.69. The number of aryl methyl sites for hydroxylation is 1. The topological polar surface area (TPSA) is 98.2 Å². The molecule has 0 saturated heterocycles. The number of hydrogen-bond acceptors (Lipinski definition) is 5. The van der Waals surface area contributed by atoms with Gasteiger partial charge in [-0.3, -0.25) is 0 Å². The number of aromatic nitrogens is 1. The minimum absolute atomic E-state index is 0.166. The quantitative estimate of drug-likeness (QED) is 0.844. The second-order valence-electron chi connectivity index (χ2n) is 5.43. The van der Waals surface area contributed by atoms with Crippen LogP contribution in [0, 0.1) is 6.92 Å². The first-order valence-electron chi connectivity index (χ1n) is 6.57. The molecule has 0 unspecified atom stereocenters. The molecule has 0 radical (unpaired) electrons. The second kappa shape index (κ2) is 5.60. The third kappa shape index (κ3) is 4.29. The van der Waals surface area contributed by atoms with Crippen LogP contribution in [0.25, 0.3) is 0 Å². The SMILES string of the molecule is Cc1cc(CS(=O)(=O)NCC2(N)CCCCC2)no1. The van der Waals surface area contributed by atoms with Crippen molar-refractivity contribution in [1.29, 1.82) is 0 Å².